The fraction of sp³-hybridized carbons (Fsp3) is 0.636. The molecule has 0 saturated carbocycles. The SMILES string of the molecule is CCCNC(C)(C#N)CSc1nc(C)co1. The molecule has 1 aromatic heterocycles. The number of hydrogen-bond acceptors (Lipinski definition) is 5. The number of nitrogens with zero attached hydrogens (tertiary/aromatic N) is 2. The minimum atomic E-state index is -0.525. The molecule has 88 valence electrons. The van der Waals surface area contributed by atoms with Crippen LogP contribution in [-0.2, 0) is 0 Å². The summed E-state index contributed by atoms with van der Waals surface area (Å²) in [5.74, 6) is 0.628. The minimum absolute atomic E-state index is 0.525. The minimum Gasteiger partial charge on any atom is -0.440 e. The van der Waals surface area contributed by atoms with E-state index in [0.717, 1.165) is 18.7 Å². The maximum Gasteiger partial charge on any atom is 0.255 e. The highest BCUT2D eigenvalue weighted by Gasteiger charge is 2.23. The van der Waals surface area contributed by atoms with Crippen LogP contribution in [0.1, 0.15) is 26.0 Å². The van der Waals surface area contributed by atoms with Crippen LogP contribution >= 0.6 is 11.8 Å². The van der Waals surface area contributed by atoms with Crippen LogP contribution in [0.3, 0.4) is 0 Å². The molecule has 1 rings (SSSR count). The number of nitrogens with one attached hydrogen (secondary N) is 1. The molecule has 0 spiro atoms. The van der Waals surface area contributed by atoms with Gasteiger partial charge in [-0.05, 0) is 26.8 Å². The second-order valence-electron chi connectivity index (χ2n) is 3.91. The van der Waals surface area contributed by atoms with Crippen LogP contribution in [0, 0.1) is 18.3 Å². The molecule has 0 aromatic carbocycles. The Hall–Kier alpha value is -0.990. The molecule has 0 radical (unpaired) electrons. The second-order valence-corrected chi connectivity index (χ2v) is 4.84. The number of aryl methyl sites for hydroxylation is 1. The summed E-state index contributed by atoms with van der Waals surface area (Å²) in [4.78, 5) is 4.19. The van der Waals surface area contributed by atoms with Gasteiger partial charge in [0.15, 0.2) is 0 Å². The summed E-state index contributed by atoms with van der Waals surface area (Å²) in [5.41, 5.74) is 0.339. The molecule has 0 saturated heterocycles. The molecular formula is C11H17N3OS. The summed E-state index contributed by atoms with van der Waals surface area (Å²) in [5, 5.41) is 13.0. The smallest absolute Gasteiger partial charge is 0.255 e. The Morgan fingerprint density at radius 1 is 1.69 bits per heavy atom. The van der Waals surface area contributed by atoms with Gasteiger partial charge in [0.25, 0.3) is 5.22 Å². The van der Waals surface area contributed by atoms with Gasteiger partial charge in [-0.15, -0.1) is 0 Å². The predicted octanol–water partition coefficient (Wildman–Crippen LogP) is 2.36. The van der Waals surface area contributed by atoms with Crippen molar-refractivity contribution in [2.45, 2.75) is 38.0 Å². The molecule has 5 heteroatoms. The average Bonchev–Trinajstić information content (AvgIpc) is 2.70. The number of nitriles is 1. The molecule has 0 aliphatic carbocycles. The fourth-order valence-electron chi connectivity index (χ4n) is 1.13. The van der Waals surface area contributed by atoms with E-state index >= 15 is 0 Å². The van der Waals surface area contributed by atoms with E-state index in [4.69, 9.17) is 9.68 Å². The average molecular weight is 239 g/mol. The molecule has 1 aromatic rings. The van der Waals surface area contributed by atoms with E-state index in [-0.39, 0.29) is 0 Å². The third-order valence-corrected chi connectivity index (χ3v) is 3.25. The Balaban J connectivity index is 2.48. The number of oxazole rings is 1. The lowest BCUT2D eigenvalue weighted by atomic mass is 10.1. The van der Waals surface area contributed by atoms with Gasteiger partial charge >= 0.3 is 0 Å². The molecule has 0 aliphatic heterocycles. The molecule has 0 aliphatic rings. The highest BCUT2D eigenvalue weighted by Crippen LogP contribution is 2.21. The van der Waals surface area contributed by atoms with Crippen LogP contribution in [0.25, 0.3) is 0 Å². The van der Waals surface area contributed by atoms with Gasteiger partial charge in [0.2, 0.25) is 0 Å². The Morgan fingerprint density at radius 2 is 2.44 bits per heavy atom. The molecule has 16 heavy (non-hydrogen) atoms. The predicted molar refractivity (Wildman–Crippen MR) is 64.3 cm³/mol. The quantitative estimate of drug-likeness (QED) is 0.772. The second kappa shape index (κ2) is 5.92. The zero-order chi connectivity index (χ0) is 12.0. The van der Waals surface area contributed by atoms with E-state index in [1.165, 1.54) is 11.8 Å². The number of rotatable bonds is 6. The normalized spacial score (nSPS) is 14.4. The standard InChI is InChI=1S/C11H17N3OS/c1-4-5-13-11(3,7-12)8-16-10-14-9(2)6-15-10/h6,13H,4-5,8H2,1-3H3. The fourth-order valence-corrected chi connectivity index (χ4v) is 2.03. The van der Waals surface area contributed by atoms with Crippen molar-refractivity contribution in [3.8, 4) is 6.07 Å². The largest absolute Gasteiger partial charge is 0.440 e. The molecule has 0 bridgehead atoms. The molecule has 1 unspecified atom stereocenters. The van der Waals surface area contributed by atoms with Crippen molar-refractivity contribution in [1.82, 2.24) is 10.3 Å². The molecule has 0 amide bonds. The van der Waals surface area contributed by atoms with Crippen molar-refractivity contribution in [3.05, 3.63) is 12.0 Å². The first-order valence-corrected chi connectivity index (χ1v) is 6.29. The maximum atomic E-state index is 9.12. The molecule has 1 atom stereocenters. The van der Waals surface area contributed by atoms with Crippen LogP contribution in [0.5, 0.6) is 0 Å². The van der Waals surface area contributed by atoms with Gasteiger partial charge in [-0.1, -0.05) is 18.7 Å². The van der Waals surface area contributed by atoms with Gasteiger partial charge in [0, 0.05) is 5.75 Å². The van der Waals surface area contributed by atoms with Crippen LogP contribution in [0.4, 0.5) is 0 Å². The Bertz CT molecular complexity index is 372. The number of hydrogen-bond donors (Lipinski definition) is 1. The van der Waals surface area contributed by atoms with Crippen LogP contribution < -0.4 is 5.32 Å². The van der Waals surface area contributed by atoms with E-state index in [9.17, 15) is 0 Å². The summed E-state index contributed by atoms with van der Waals surface area (Å²) in [6, 6.07) is 2.29. The monoisotopic (exact) mass is 239 g/mol. The van der Waals surface area contributed by atoms with Gasteiger partial charge in [0.05, 0.1) is 11.8 Å². The van der Waals surface area contributed by atoms with E-state index in [0.29, 0.717) is 11.0 Å². The zero-order valence-corrected chi connectivity index (χ0v) is 10.7. The van der Waals surface area contributed by atoms with E-state index in [2.05, 4.69) is 23.3 Å². The molecular weight excluding hydrogens is 222 g/mol. The number of thioether (sulfide) groups is 1. The maximum absolute atomic E-state index is 9.12. The molecule has 0 fully saturated rings. The highest BCUT2D eigenvalue weighted by atomic mass is 32.2. The van der Waals surface area contributed by atoms with Gasteiger partial charge in [-0.3, -0.25) is 5.32 Å². The summed E-state index contributed by atoms with van der Waals surface area (Å²) in [6.45, 7) is 6.70. The van der Waals surface area contributed by atoms with Crippen LogP contribution in [0.15, 0.2) is 15.9 Å². The van der Waals surface area contributed by atoms with Gasteiger partial charge in [-0.2, -0.15) is 5.26 Å². The topological polar surface area (TPSA) is 61.9 Å². The third kappa shape index (κ3) is 3.87. The van der Waals surface area contributed by atoms with Crippen molar-refractivity contribution in [1.29, 1.82) is 5.26 Å². The van der Waals surface area contributed by atoms with Crippen molar-refractivity contribution < 1.29 is 4.42 Å². The van der Waals surface area contributed by atoms with Crippen molar-refractivity contribution in [3.63, 3.8) is 0 Å². The lowest BCUT2D eigenvalue weighted by Crippen LogP contribution is -2.43. The summed E-state index contributed by atoms with van der Waals surface area (Å²) in [7, 11) is 0. The van der Waals surface area contributed by atoms with Gasteiger partial charge < -0.3 is 4.42 Å². The Labute approximate surface area is 100 Å². The Kier molecular flexibility index (Phi) is 4.84. The first-order chi connectivity index (χ1) is 7.59. The summed E-state index contributed by atoms with van der Waals surface area (Å²) in [6.07, 6.45) is 2.63. The summed E-state index contributed by atoms with van der Waals surface area (Å²) >= 11 is 1.46. The van der Waals surface area contributed by atoms with Crippen LogP contribution in [-0.4, -0.2) is 22.8 Å². The highest BCUT2D eigenvalue weighted by molar-refractivity contribution is 7.99. The zero-order valence-electron chi connectivity index (χ0n) is 9.91. The molecule has 1 heterocycles. The van der Waals surface area contributed by atoms with Crippen molar-refractivity contribution in [2.24, 2.45) is 0 Å². The Morgan fingerprint density at radius 3 is 2.94 bits per heavy atom. The first-order valence-electron chi connectivity index (χ1n) is 5.31. The van der Waals surface area contributed by atoms with Gasteiger partial charge in [-0.25, -0.2) is 4.98 Å². The number of aromatic nitrogens is 1. The van der Waals surface area contributed by atoms with E-state index in [1.54, 1.807) is 6.26 Å². The third-order valence-electron chi connectivity index (χ3n) is 2.09. The van der Waals surface area contributed by atoms with E-state index < -0.39 is 5.54 Å². The first kappa shape index (κ1) is 13.1. The van der Waals surface area contributed by atoms with Gasteiger partial charge in [0.1, 0.15) is 11.8 Å². The van der Waals surface area contributed by atoms with Crippen molar-refractivity contribution >= 4 is 11.8 Å². The molecule has 4 nitrogen and oxygen atoms in total. The van der Waals surface area contributed by atoms with Crippen molar-refractivity contribution in [2.75, 3.05) is 12.3 Å². The lowest BCUT2D eigenvalue weighted by Gasteiger charge is -2.21. The molecule has 1 N–H and O–H groups in total. The van der Waals surface area contributed by atoms with Crippen LogP contribution in [0.2, 0.25) is 0 Å². The van der Waals surface area contributed by atoms with E-state index in [1.807, 2.05) is 13.8 Å². The lowest BCUT2D eigenvalue weighted by molar-refractivity contribution is 0.449. The summed E-state index contributed by atoms with van der Waals surface area (Å²) < 4.78 is 5.22.